The SMILES string of the molecule is CCN(CCCC(=O)O)C(=O)C1(NC(=O)OCC2c3ccccc3-c3ccccc32)CCN(Cc2ccccc2)CC1. The standard InChI is InChI=1S/C34H39N3O5/c1-2-37(20-10-17-31(38)39)32(40)34(18-21-36(22-19-34)23-25-11-4-3-5-12-25)35-33(41)42-24-30-28-15-8-6-13-26(28)27-14-7-9-16-29(27)30/h3-9,11-16,30H,2,10,17-24H2,1H3,(H,35,41)(H,38,39). The van der Waals surface area contributed by atoms with E-state index in [1.165, 1.54) is 5.56 Å². The van der Waals surface area contributed by atoms with Gasteiger partial charge in [0.05, 0.1) is 0 Å². The number of nitrogens with one attached hydrogen (secondary N) is 1. The molecule has 2 amide bonds. The lowest BCUT2D eigenvalue weighted by atomic mass is 9.85. The molecule has 1 aliphatic carbocycles. The molecule has 0 saturated carbocycles. The van der Waals surface area contributed by atoms with Gasteiger partial charge in [0, 0.05) is 45.1 Å². The number of likely N-dealkylation sites (tertiary alicyclic amines) is 1. The Morgan fingerprint density at radius 2 is 1.52 bits per heavy atom. The third-order valence-electron chi connectivity index (χ3n) is 8.54. The van der Waals surface area contributed by atoms with E-state index in [0.717, 1.165) is 28.8 Å². The van der Waals surface area contributed by atoms with Crippen LogP contribution in [0.2, 0.25) is 0 Å². The molecule has 8 nitrogen and oxygen atoms in total. The van der Waals surface area contributed by atoms with Crippen LogP contribution in [0.25, 0.3) is 11.1 Å². The van der Waals surface area contributed by atoms with Crippen molar-refractivity contribution in [1.82, 2.24) is 15.1 Å². The fraction of sp³-hybridized carbons (Fsp3) is 0.382. The smallest absolute Gasteiger partial charge is 0.408 e. The van der Waals surface area contributed by atoms with E-state index in [-0.39, 0.29) is 24.9 Å². The van der Waals surface area contributed by atoms with Crippen molar-refractivity contribution in [1.29, 1.82) is 0 Å². The molecule has 1 fully saturated rings. The van der Waals surface area contributed by atoms with Crippen LogP contribution in [0, 0.1) is 0 Å². The molecule has 0 radical (unpaired) electrons. The van der Waals surface area contributed by atoms with E-state index in [2.05, 4.69) is 46.6 Å². The predicted molar refractivity (Wildman–Crippen MR) is 161 cm³/mol. The highest BCUT2D eigenvalue weighted by Crippen LogP contribution is 2.44. The van der Waals surface area contributed by atoms with Crippen molar-refractivity contribution >= 4 is 18.0 Å². The molecule has 42 heavy (non-hydrogen) atoms. The first-order chi connectivity index (χ1) is 20.4. The zero-order chi connectivity index (χ0) is 29.5. The molecule has 1 saturated heterocycles. The number of likely N-dealkylation sites (N-methyl/N-ethyl adjacent to an activating group) is 1. The molecule has 1 aliphatic heterocycles. The van der Waals surface area contributed by atoms with Crippen LogP contribution in [-0.4, -0.2) is 71.2 Å². The molecule has 2 N–H and O–H groups in total. The Morgan fingerprint density at radius 3 is 2.12 bits per heavy atom. The monoisotopic (exact) mass is 569 g/mol. The number of hydrogen-bond acceptors (Lipinski definition) is 5. The Hall–Kier alpha value is -4.17. The number of carboxylic acid groups (broad SMARTS) is 1. The van der Waals surface area contributed by atoms with Gasteiger partial charge in [0.2, 0.25) is 5.91 Å². The lowest BCUT2D eigenvalue weighted by molar-refractivity contribution is -0.142. The third-order valence-corrected chi connectivity index (χ3v) is 8.54. The Kier molecular flexibility index (Phi) is 9.22. The topological polar surface area (TPSA) is 99.2 Å². The average Bonchev–Trinajstić information content (AvgIpc) is 3.33. The van der Waals surface area contributed by atoms with Gasteiger partial charge in [0.25, 0.3) is 0 Å². The largest absolute Gasteiger partial charge is 0.481 e. The molecule has 2 aliphatic rings. The molecule has 3 aromatic carbocycles. The van der Waals surface area contributed by atoms with Gasteiger partial charge in [-0.25, -0.2) is 4.79 Å². The first kappa shape index (κ1) is 29.3. The van der Waals surface area contributed by atoms with Crippen LogP contribution in [0.4, 0.5) is 4.79 Å². The van der Waals surface area contributed by atoms with Crippen LogP contribution in [-0.2, 0) is 20.9 Å². The summed E-state index contributed by atoms with van der Waals surface area (Å²) in [5.74, 6) is -1.15. The van der Waals surface area contributed by atoms with Gasteiger partial charge < -0.3 is 20.1 Å². The van der Waals surface area contributed by atoms with Crippen molar-refractivity contribution in [3.05, 3.63) is 95.6 Å². The number of aliphatic carboxylic acids is 1. The number of benzene rings is 3. The number of ether oxygens (including phenoxy) is 1. The van der Waals surface area contributed by atoms with E-state index in [1.54, 1.807) is 4.90 Å². The normalized spacial score (nSPS) is 15.8. The van der Waals surface area contributed by atoms with E-state index in [1.807, 2.05) is 49.4 Å². The summed E-state index contributed by atoms with van der Waals surface area (Å²) in [4.78, 5) is 42.4. The second-order valence-electron chi connectivity index (χ2n) is 11.2. The Bertz CT molecular complexity index is 1360. The fourth-order valence-electron chi connectivity index (χ4n) is 6.28. The molecular weight excluding hydrogens is 530 g/mol. The first-order valence-electron chi connectivity index (χ1n) is 14.8. The van der Waals surface area contributed by atoms with Gasteiger partial charge in [-0.2, -0.15) is 0 Å². The van der Waals surface area contributed by atoms with Gasteiger partial charge in [-0.05, 0) is 54.0 Å². The summed E-state index contributed by atoms with van der Waals surface area (Å²) in [5.41, 5.74) is 4.64. The van der Waals surface area contributed by atoms with Crippen LogP contribution in [0.15, 0.2) is 78.9 Å². The lowest BCUT2D eigenvalue weighted by Crippen LogP contribution is -2.64. The summed E-state index contributed by atoms with van der Waals surface area (Å²) < 4.78 is 5.85. The van der Waals surface area contributed by atoms with Crippen LogP contribution in [0.1, 0.15) is 55.2 Å². The molecule has 220 valence electrons. The maximum Gasteiger partial charge on any atom is 0.408 e. The van der Waals surface area contributed by atoms with Gasteiger partial charge in [0.1, 0.15) is 12.1 Å². The molecule has 3 aromatic rings. The Morgan fingerprint density at radius 1 is 0.929 bits per heavy atom. The number of carbonyl (C=O) groups excluding carboxylic acids is 2. The Labute approximate surface area is 247 Å². The van der Waals surface area contributed by atoms with Crippen molar-refractivity contribution in [2.45, 2.75) is 50.6 Å². The molecule has 1 heterocycles. The van der Waals surface area contributed by atoms with Gasteiger partial charge in [0.15, 0.2) is 0 Å². The number of piperidine rings is 1. The zero-order valence-electron chi connectivity index (χ0n) is 24.1. The van der Waals surface area contributed by atoms with E-state index >= 15 is 0 Å². The predicted octanol–water partition coefficient (Wildman–Crippen LogP) is 5.27. The van der Waals surface area contributed by atoms with Crippen molar-refractivity contribution in [3.63, 3.8) is 0 Å². The third kappa shape index (κ3) is 6.49. The summed E-state index contributed by atoms with van der Waals surface area (Å²) >= 11 is 0. The summed E-state index contributed by atoms with van der Waals surface area (Å²) in [6.07, 6.45) is 0.622. The number of carbonyl (C=O) groups is 3. The fourth-order valence-corrected chi connectivity index (χ4v) is 6.28. The van der Waals surface area contributed by atoms with Crippen molar-refractivity contribution in [2.75, 3.05) is 32.8 Å². The molecule has 0 unspecified atom stereocenters. The minimum atomic E-state index is -1.12. The molecular formula is C34H39N3O5. The van der Waals surface area contributed by atoms with Gasteiger partial charge in [-0.1, -0.05) is 78.9 Å². The number of rotatable bonds is 11. The minimum absolute atomic E-state index is 0.0125. The maximum atomic E-state index is 14.0. The van der Waals surface area contributed by atoms with Gasteiger partial charge in [-0.15, -0.1) is 0 Å². The number of fused-ring (bicyclic) bond motifs is 3. The number of nitrogens with zero attached hydrogens (tertiary/aromatic N) is 2. The highest BCUT2D eigenvalue weighted by molar-refractivity contribution is 5.90. The summed E-state index contributed by atoms with van der Waals surface area (Å²) in [6.45, 7) is 4.84. The minimum Gasteiger partial charge on any atom is -0.481 e. The van der Waals surface area contributed by atoms with Crippen LogP contribution >= 0.6 is 0 Å². The molecule has 0 aromatic heterocycles. The lowest BCUT2D eigenvalue weighted by Gasteiger charge is -2.43. The maximum absolute atomic E-state index is 14.0. The molecule has 8 heteroatoms. The van der Waals surface area contributed by atoms with E-state index in [9.17, 15) is 14.4 Å². The highest BCUT2D eigenvalue weighted by Gasteiger charge is 2.45. The van der Waals surface area contributed by atoms with Crippen molar-refractivity contribution in [3.8, 4) is 11.1 Å². The van der Waals surface area contributed by atoms with E-state index in [4.69, 9.17) is 9.84 Å². The van der Waals surface area contributed by atoms with Gasteiger partial charge in [-0.3, -0.25) is 14.5 Å². The van der Waals surface area contributed by atoms with Crippen LogP contribution in [0.5, 0.6) is 0 Å². The van der Waals surface area contributed by atoms with Crippen molar-refractivity contribution in [2.24, 2.45) is 0 Å². The number of alkyl carbamates (subject to hydrolysis) is 1. The zero-order valence-corrected chi connectivity index (χ0v) is 24.1. The Balaban J connectivity index is 1.29. The summed E-state index contributed by atoms with van der Waals surface area (Å²) in [7, 11) is 0. The van der Waals surface area contributed by atoms with Crippen molar-refractivity contribution < 1.29 is 24.2 Å². The highest BCUT2D eigenvalue weighted by atomic mass is 16.5. The summed E-state index contributed by atoms with van der Waals surface area (Å²) in [6, 6.07) is 26.6. The van der Waals surface area contributed by atoms with Crippen LogP contribution < -0.4 is 5.32 Å². The van der Waals surface area contributed by atoms with Crippen LogP contribution in [0.3, 0.4) is 0 Å². The average molecular weight is 570 g/mol. The first-order valence-corrected chi connectivity index (χ1v) is 14.8. The van der Waals surface area contributed by atoms with E-state index < -0.39 is 17.6 Å². The summed E-state index contributed by atoms with van der Waals surface area (Å²) in [5, 5.41) is 12.1. The van der Waals surface area contributed by atoms with Gasteiger partial charge >= 0.3 is 12.1 Å². The van der Waals surface area contributed by atoms with E-state index in [0.29, 0.717) is 45.4 Å². The number of carboxylic acids is 1. The quantitative estimate of drug-likeness (QED) is 0.326. The second kappa shape index (κ2) is 13.2. The molecule has 0 bridgehead atoms. The molecule has 0 atom stereocenters. The number of amides is 2. The number of hydrogen-bond donors (Lipinski definition) is 2. The molecule has 0 spiro atoms. The molecule has 5 rings (SSSR count). The second-order valence-corrected chi connectivity index (χ2v) is 11.2.